The number of halogens is 1. The summed E-state index contributed by atoms with van der Waals surface area (Å²) in [5.41, 5.74) is 6.90. The minimum atomic E-state index is -0.145. The third-order valence-electron chi connectivity index (χ3n) is 5.66. The van der Waals surface area contributed by atoms with Crippen LogP contribution in [-0.2, 0) is 0 Å². The highest BCUT2D eigenvalue weighted by Gasteiger charge is 2.51. The lowest BCUT2D eigenvalue weighted by molar-refractivity contribution is -0.0127. The molecule has 4 aliphatic rings. The SMILES string of the molecule is Nc1ccc(NC(=O)NC23CC4CC(CC(C4)C2)C3)c(Cl)c1. The number of nitrogen functional groups attached to an aromatic ring is 1. The molecule has 5 rings (SSSR count). The molecule has 1 aromatic carbocycles. The second-order valence-corrected chi connectivity index (χ2v) is 7.92. The Morgan fingerprint density at radius 2 is 1.73 bits per heavy atom. The van der Waals surface area contributed by atoms with Gasteiger partial charge in [0.15, 0.2) is 0 Å². The van der Waals surface area contributed by atoms with E-state index in [9.17, 15) is 4.79 Å². The molecule has 2 amide bonds. The maximum atomic E-state index is 12.4. The lowest BCUT2D eigenvalue weighted by Gasteiger charge is -2.56. The molecule has 0 spiro atoms. The Labute approximate surface area is 135 Å². The van der Waals surface area contributed by atoms with E-state index in [1.165, 1.54) is 19.3 Å². The van der Waals surface area contributed by atoms with Crippen molar-refractivity contribution >= 4 is 29.0 Å². The molecule has 118 valence electrons. The highest BCUT2D eigenvalue weighted by molar-refractivity contribution is 6.34. The standard InChI is InChI=1S/C17H22ClN3O/c18-14-6-13(19)1-2-15(14)20-16(22)21-17-7-10-3-11(8-17)5-12(4-10)9-17/h1-2,6,10-12H,3-5,7-9,19H2,(H2,20,21,22). The van der Waals surface area contributed by atoms with Gasteiger partial charge < -0.3 is 16.4 Å². The molecule has 0 aliphatic heterocycles. The van der Waals surface area contributed by atoms with Gasteiger partial charge in [0.1, 0.15) is 0 Å². The number of benzene rings is 1. The lowest BCUT2D eigenvalue weighted by atomic mass is 9.53. The van der Waals surface area contributed by atoms with E-state index < -0.39 is 0 Å². The van der Waals surface area contributed by atoms with E-state index in [0.717, 1.165) is 37.0 Å². The summed E-state index contributed by atoms with van der Waals surface area (Å²) in [7, 11) is 0. The van der Waals surface area contributed by atoms with Crippen LogP contribution in [0.15, 0.2) is 18.2 Å². The molecule has 0 aromatic heterocycles. The van der Waals surface area contributed by atoms with E-state index in [0.29, 0.717) is 16.4 Å². The van der Waals surface area contributed by atoms with Crippen LogP contribution in [0.4, 0.5) is 16.2 Å². The molecule has 0 saturated heterocycles. The molecule has 4 aliphatic carbocycles. The van der Waals surface area contributed by atoms with Gasteiger partial charge in [0.05, 0.1) is 10.7 Å². The van der Waals surface area contributed by atoms with Gasteiger partial charge in [0, 0.05) is 11.2 Å². The molecule has 4 fully saturated rings. The molecule has 4 saturated carbocycles. The van der Waals surface area contributed by atoms with E-state index >= 15 is 0 Å². The van der Waals surface area contributed by atoms with E-state index in [-0.39, 0.29) is 11.6 Å². The van der Waals surface area contributed by atoms with Gasteiger partial charge in [-0.15, -0.1) is 0 Å². The molecular formula is C17H22ClN3O. The Balaban J connectivity index is 1.46. The predicted octanol–water partition coefficient (Wildman–Crippen LogP) is 4.01. The predicted molar refractivity (Wildman–Crippen MR) is 88.9 cm³/mol. The van der Waals surface area contributed by atoms with Crippen molar-refractivity contribution in [3.8, 4) is 0 Å². The molecule has 22 heavy (non-hydrogen) atoms. The van der Waals surface area contributed by atoms with Gasteiger partial charge >= 0.3 is 6.03 Å². The molecule has 4 nitrogen and oxygen atoms in total. The summed E-state index contributed by atoms with van der Waals surface area (Å²) in [4.78, 5) is 12.4. The Morgan fingerprint density at radius 3 is 2.27 bits per heavy atom. The third kappa shape index (κ3) is 2.54. The highest BCUT2D eigenvalue weighted by atomic mass is 35.5. The van der Waals surface area contributed by atoms with Crippen LogP contribution in [0.25, 0.3) is 0 Å². The quantitative estimate of drug-likeness (QED) is 0.721. The van der Waals surface area contributed by atoms with Crippen molar-refractivity contribution in [1.82, 2.24) is 5.32 Å². The second-order valence-electron chi connectivity index (χ2n) is 7.52. The van der Waals surface area contributed by atoms with E-state index in [1.807, 2.05) is 0 Å². The summed E-state index contributed by atoms with van der Waals surface area (Å²) >= 11 is 6.13. The minimum Gasteiger partial charge on any atom is -0.399 e. The molecule has 0 unspecified atom stereocenters. The Kier molecular flexibility index (Phi) is 3.26. The van der Waals surface area contributed by atoms with Gasteiger partial charge in [-0.2, -0.15) is 0 Å². The molecule has 1 aromatic rings. The van der Waals surface area contributed by atoms with Crippen molar-refractivity contribution in [2.45, 2.75) is 44.1 Å². The van der Waals surface area contributed by atoms with Crippen LogP contribution in [0.3, 0.4) is 0 Å². The first-order valence-electron chi connectivity index (χ1n) is 8.15. The maximum absolute atomic E-state index is 12.4. The minimum absolute atomic E-state index is 0.0130. The summed E-state index contributed by atoms with van der Waals surface area (Å²) in [5.74, 6) is 2.44. The van der Waals surface area contributed by atoms with Crippen LogP contribution in [0.1, 0.15) is 38.5 Å². The zero-order valence-corrected chi connectivity index (χ0v) is 13.3. The van der Waals surface area contributed by atoms with Gasteiger partial charge in [0.25, 0.3) is 0 Å². The molecule has 4 bridgehead atoms. The van der Waals surface area contributed by atoms with Crippen LogP contribution in [0.2, 0.25) is 5.02 Å². The molecule has 0 heterocycles. The van der Waals surface area contributed by atoms with Crippen molar-refractivity contribution in [1.29, 1.82) is 0 Å². The fraction of sp³-hybridized carbons (Fsp3) is 0.588. The molecular weight excluding hydrogens is 298 g/mol. The monoisotopic (exact) mass is 319 g/mol. The summed E-state index contributed by atoms with van der Waals surface area (Å²) in [5, 5.41) is 6.62. The average Bonchev–Trinajstić information content (AvgIpc) is 2.39. The zero-order valence-electron chi connectivity index (χ0n) is 12.6. The van der Waals surface area contributed by atoms with Crippen molar-refractivity contribution in [2.24, 2.45) is 17.8 Å². The number of nitrogens with two attached hydrogens (primary N) is 1. The lowest BCUT2D eigenvalue weighted by Crippen LogP contribution is -2.60. The molecule has 4 N–H and O–H groups in total. The number of carbonyl (C=O) groups excluding carboxylic acids is 1. The van der Waals surface area contributed by atoms with E-state index in [2.05, 4.69) is 10.6 Å². The number of hydrogen-bond acceptors (Lipinski definition) is 2. The Morgan fingerprint density at radius 1 is 1.14 bits per heavy atom. The van der Waals surface area contributed by atoms with Crippen LogP contribution < -0.4 is 16.4 Å². The average molecular weight is 320 g/mol. The molecule has 0 atom stereocenters. The third-order valence-corrected chi connectivity index (χ3v) is 5.97. The number of anilines is 2. The first-order chi connectivity index (χ1) is 10.5. The van der Waals surface area contributed by atoms with Gasteiger partial charge in [-0.1, -0.05) is 11.6 Å². The molecule has 5 heteroatoms. The largest absolute Gasteiger partial charge is 0.399 e. The fourth-order valence-corrected chi connectivity index (χ4v) is 5.53. The number of urea groups is 1. The van der Waals surface area contributed by atoms with Crippen LogP contribution in [0.5, 0.6) is 0 Å². The van der Waals surface area contributed by atoms with Gasteiger partial charge in [-0.3, -0.25) is 0 Å². The van der Waals surface area contributed by atoms with Gasteiger partial charge in [0.2, 0.25) is 0 Å². The second kappa shape index (κ2) is 5.05. The van der Waals surface area contributed by atoms with Crippen molar-refractivity contribution in [2.75, 3.05) is 11.1 Å². The maximum Gasteiger partial charge on any atom is 0.319 e. The summed E-state index contributed by atoms with van der Waals surface area (Å²) in [6.07, 6.45) is 7.52. The van der Waals surface area contributed by atoms with Crippen molar-refractivity contribution in [3.63, 3.8) is 0 Å². The summed E-state index contributed by atoms with van der Waals surface area (Å²) < 4.78 is 0. The van der Waals surface area contributed by atoms with Crippen LogP contribution in [-0.4, -0.2) is 11.6 Å². The van der Waals surface area contributed by atoms with Crippen molar-refractivity contribution in [3.05, 3.63) is 23.2 Å². The number of rotatable bonds is 2. The number of nitrogens with one attached hydrogen (secondary N) is 2. The van der Waals surface area contributed by atoms with Gasteiger partial charge in [-0.05, 0) is 74.5 Å². The van der Waals surface area contributed by atoms with Crippen LogP contribution >= 0.6 is 11.6 Å². The van der Waals surface area contributed by atoms with Crippen LogP contribution in [0, 0.1) is 17.8 Å². The Bertz CT molecular complexity index is 581. The first kappa shape index (κ1) is 14.2. The topological polar surface area (TPSA) is 67.1 Å². The Hall–Kier alpha value is -1.42. The number of hydrogen-bond donors (Lipinski definition) is 3. The van der Waals surface area contributed by atoms with E-state index in [1.54, 1.807) is 18.2 Å². The summed E-state index contributed by atoms with van der Waals surface area (Å²) in [6, 6.07) is 5.00. The van der Waals surface area contributed by atoms with Gasteiger partial charge in [-0.25, -0.2) is 4.79 Å². The van der Waals surface area contributed by atoms with E-state index in [4.69, 9.17) is 17.3 Å². The fourth-order valence-electron chi connectivity index (χ4n) is 5.29. The van der Waals surface area contributed by atoms with Crippen molar-refractivity contribution < 1.29 is 4.79 Å². The normalized spacial score (nSPS) is 35.4. The zero-order chi connectivity index (χ0) is 15.3. The first-order valence-corrected chi connectivity index (χ1v) is 8.53. The summed E-state index contributed by atoms with van der Waals surface area (Å²) in [6.45, 7) is 0. The smallest absolute Gasteiger partial charge is 0.319 e. The molecule has 0 radical (unpaired) electrons. The number of carbonyl (C=O) groups is 1. The number of amides is 2. The highest BCUT2D eigenvalue weighted by Crippen LogP contribution is 2.55.